The van der Waals surface area contributed by atoms with E-state index in [1.807, 2.05) is 23.5 Å². The molecule has 2 rings (SSSR count). The normalized spacial score (nSPS) is 17.5. The summed E-state index contributed by atoms with van der Waals surface area (Å²) in [6.45, 7) is 1.16. The Bertz CT molecular complexity index is 460. The van der Waals surface area contributed by atoms with Gasteiger partial charge in [0.1, 0.15) is 29.6 Å². The zero-order valence-corrected chi connectivity index (χ0v) is 10.6. The van der Waals surface area contributed by atoms with Crippen molar-refractivity contribution in [3.8, 4) is 5.75 Å². The summed E-state index contributed by atoms with van der Waals surface area (Å²) >= 11 is 0. The first-order chi connectivity index (χ1) is 8.29. The fourth-order valence-corrected chi connectivity index (χ4v) is 1.84. The van der Waals surface area contributed by atoms with E-state index >= 15 is 0 Å². The maximum Gasteiger partial charge on any atom is 0.203 e. The molecule has 0 spiro atoms. The molecule has 1 aromatic carbocycles. The van der Waals surface area contributed by atoms with Crippen LogP contribution in [0.4, 0.5) is 13.2 Å². The molecule has 0 unspecified atom stereocenters. The minimum absolute atomic E-state index is 0.00110. The monoisotopic (exact) mass is 253 g/mol. The molecule has 0 aromatic heterocycles. The quantitative estimate of drug-likeness (QED) is 0.489. The molecule has 8 heteroatoms. The Morgan fingerprint density at radius 2 is 1.67 bits per heavy atom. The van der Waals surface area contributed by atoms with Crippen molar-refractivity contribution < 1.29 is 17.9 Å². The molecule has 0 N–H and O–H groups in total. The zero-order chi connectivity index (χ0) is 13.5. The molecule has 0 saturated carbocycles. The fourth-order valence-electron chi connectivity index (χ4n) is 1.84. The second-order valence-electron chi connectivity index (χ2n) is 5.49. The van der Waals surface area contributed by atoms with E-state index in [4.69, 9.17) is 4.74 Å². The molecular formula is C10H13B3F3NO. The largest absolute Gasteiger partial charge is 0.482 e. The number of likely N-dealkylation sites (tertiary alicyclic amines) is 1. The highest BCUT2D eigenvalue weighted by atomic mass is 19.2. The van der Waals surface area contributed by atoms with E-state index in [9.17, 15) is 13.2 Å². The van der Waals surface area contributed by atoms with Crippen LogP contribution in [0, 0.1) is 17.5 Å². The average molecular weight is 253 g/mol. The Morgan fingerprint density at radius 1 is 1.11 bits per heavy atom. The summed E-state index contributed by atoms with van der Waals surface area (Å²) in [7, 11) is 6.14. The van der Waals surface area contributed by atoms with Crippen LogP contribution in [0.5, 0.6) is 5.75 Å². The van der Waals surface area contributed by atoms with Crippen molar-refractivity contribution in [2.24, 2.45) is 0 Å². The van der Waals surface area contributed by atoms with Gasteiger partial charge in [0, 0.05) is 13.1 Å². The summed E-state index contributed by atoms with van der Waals surface area (Å²) in [5.41, 5.74) is 0. The van der Waals surface area contributed by atoms with Crippen LogP contribution in [-0.2, 0) is 0 Å². The van der Waals surface area contributed by atoms with Crippen LogP contribution < -0.4 is 4.74 Å². The third-order valence-corrected chi connectivity index (χ3v) is 3.08. The summed E-state index contributed by atoms with van der Waals surface area (Å²) in [5.74, 6) is -3.85. The molecule has 1 saturated heterocycles. The minimum atomic E-state index is -1.26. The first-order valence-corrected chi connectivity index (χ1v) is 5.84. The van der Waals surface area contributed by atoms with Gasteiger partial charge in [-0.2, -0.15) is 4.39 Å². The van der Waals surface area contributed by atoms with Gasteiger partial charge in [0.25, 0.3) is 0 Å². The van der Waals surface area contributed by atoms with Gasteiger partial charge in [-0.3, -0.25) is 0 Å². The van der Waals surface area contributed by atoms with Gasteiger partial charge in [0.05, 0.1) is 0 Å². The van der Waals surface area contributed by atoms with Crippen LogP contribution in [0.3, 0.4) is 0 Å². The molecule has 18 heavy (non-hydrogen) atoms. The van der Waals surface area contributed by atoms with Crippen molar-refractivity contribution in [2.75, 3.05) is 13.1 Å². The zero-order valence-electron chi connectivity index (χ0n) is 10.6. The second-order valence-corrected chi connectivity index (χ2v) is 5.49. The van der Waals surface area contributed by atoms with E-state index in [2.05, 4.69) is 4.90 Å². The van der Waals surface area contributed by atoms with E-state index in [1.165, 1.54) is 0 Å². The summed E-state index contributed by atoms with van der Waals surface area (Å²) in [6.07, 6.45) is -0.296. The highest BCUT2D eigenvalue weighted by molar-refractivity contribution is 6.59. The van der Waals surface area contributed by atoms with Crippen LogP contribution in [0.15, 0.2) is 12.1 Å². The molecule has 0 aliphatic carbocycles. The molecular weight excluding hydrogens is 240 g/mol. The smallest absolute Gasteiger partial charge is 0.203 e. The van der Waals surface area contributed by atoms with Crippen molar-refractivity contribution in [1.82, 2.24) is 4.90 Å². The SMILES string of the molecule is BC(B)(B)N1CC(Oc2c(F)ccc(F)c2F)C1. The lowest BCUT2D eigenvalue weighted by molar-refractivity contribution is 0.0118. The molecule has 0 bridgehead atoms. The van der Waals surface area contributed by atoms with Crippen molar-refractivity contribution >= 4 is 23.5 Å². The van der Waals surface area contributed by atoms with E-state index in [-0.39, 0.29) is 11.3 Å². The minimum Gasteiger partial charge on any atom is -0.482 e. The van der Waals surface area contributed by atoms with Gasteiger partial charge in [0.15, 0.2) is 17.4 Å². The molecule has 2 nitrogen and oxygen atoms in total. The number of halogens is 3. The lowest BCUT2D eigenvalue weighted by atomic mass is 9.47. The molecule has 94 valence electrons. The molecule has 0 amide bonds. The van der Waals surface area contributed by atoms with E-state index in [0.29, 0.717) is 13.1 Å². The maximum atomic E-state index is 13.4. The number of nitrogens with zero attached hydrogens (tertiary/aromatic N) is 1. The molecule has 1 heterocycles. The highest BCUT2D eigenvalue weighted by Gasteiger charge is 2.36. The van der Waals surface area contributed by atoms with Crippen molar-refractivity contribution in [1.29, 1.82) is 0 Å². The lowest BCUT2D eigenvalue weighted by Crippen LogP contribution is -2.65. The van der Waals surface area contributed by atoms with Gasteiger partial charge in [0.2, 0.25) is 5.82 Å². The van der Waals surface area contributed by atoms with E-state index in [1.54, 1.807) is 0 Å². The molecule has 0 radical (unpaired) electrons. The fraction of sp³-hybridized carbons (Fsp3) is 0.400. The first-order valence-electron chi connectivity index (χ1n) is 5.84. The molecule has 1 aliphatic heterocycles. The van der Waals surface area contributed by atoms with Gasteiger partial charge in [-0.05, 0) is 12.1 Å². The lowest BCUT2D eigenvalue weighted by Gasteiger charge is -2.47. The van der Waals surface area contributed by atoms with Gasteiger partial charge < -0.3 is 9.64 Å². The molecule has 0 atom stereocenters. The predicted octanol–water partition coefficient (Wildman–Crippen LogP) is -1.32. The predicted molar refractivity (Wildman–Crippen MR) is 70.7 cm³/mol. The van der Waals surface area contributed by atoms with Gasteiger partial charge in [-0.15, -0.1) is 0 Å². The molecule has 1 fully saturated rings. The summed E-state index contributed by atoms with van der Waals surface area (Å²) in [4.78, 5) is 2.12. The van der Waals surface area contributed by atoms with Crippen molar-refractivity contribution in [3.63, 3.8) is 0 Å². The maximum absolute atomic E-state index is 13.4. The first kappa shape index (κ1) is 13.4. The van der Waals surface area contributed by atoms with Gasteiger partial charge in [-0.1, -0.05) is 5.24 Å². The highest BCUT2D eigenvalue weighted by Crippen LogP contribution is 2.27. The van der Waals surface area contributed by atoms with Gasteiger partial charge >= 0.3 is 0 Å². The van der Waals surface area contributed by atoms with Crippen LogP contribution in [-0.4, -0.2) is 52.9 Å². The number of hydrogen-bond acceptors (Lipinski definition) is 2. The average Bonchev–Trinajstić information content (AvgIpc) is 2.19. The number of ether oxygens (including phenoxy) is 1. The van der Waals surface area contributed by atoms with Crippen LogP contribution in [0.2, 0.25) is 0 Å². The standard InChI is InChI=1S/C10H13B3F3NO/c11-10(12,13)17-3-5(4-17)18-9-7(15)2-1-6(14)8(9)16/h1-2,5H,3-4,11-13H2. The van der Waals surface area contributed by atoms with E-state index in [0.717, 1.165) is 12.1 Å². The van der Waals surface area contributed by atoms with Crippen LogP contribution >= 0.6 is 0 Å². The van der Waals surface area contributed by atoms with Crippen LogP contribution in [0.1, 0.15) is 0 Å². The Labute approximate surface area is 107 Å². The second kappa shape index (κ2) is 4.57. The van der Waals surface area contributed by atoms with Crippen molar-refractivity contribution in [2.45, 2.75) is 11.3 Å². The summed E-state index contributed by atoms with van der Waals surface area (Å²) in [5, 5.41) is -0.00110. The Hall–Kier alpha value is -1.04. The third kappa shape index (κ3) is 2.53. The van der Waals surface area contributed by atoms with Crippen LogP contribution in [0.25, 0.3) is 0 Å². The third-order valence-electron chi connectivity index (χ3n) is 3.08. The Kier molecular flexibility index (Phi) is 3.40. The Morgan fingerprint density at radius 3 is 2.22 bits per heavy atom. The summed E-state index contributed by atoms with van der Waals surface area (Å²) in [6, 6.07) is 1.62. The van der Waals surface area contributed by atoms with Crippen molar-refractivity contribution in [3.05, 3.63) is 29.6 Å². The number of benzene rings is 1. The number of rotatable bonds is 3. The summed E-state index contributed by atoms with van der Waals surface area (Å²) < 4.78 is 44.8. The molecule has 1 aliphatic rings. The van der Waals surface area contributed by atoms with E-state index < -0.39 is 23.2 Å². The topological polar surface area (TPSA) is 12.5 Å². The molecule has 1 aromatic rings. The number of hydrogen-bond donors (Lipinski definition) is 0. The Balaban J connectivity index is 2.03. The van der Waals surface area contributed by atoms with Gasteiger partial charge in [-0.25, -0.2) is 8.78 Å².